The van der Waals surface area contributed by atoms with Gasteiger partial charge in [0.15, 0.2) is 0 Å². The first kappa shape index (κ1) is 35.2. The molecule has 0 spiro atoms. The molecule has 0 bridgehead atoms. The van der Waals surface area contributed by atoms with Crippen LogP contribution in [0.2, 0.25) is 0 Å². The van der Waals surface area contributed by atoms with Gasteiger partial charge in [-0.3, -0.25) is 13.9 Å². The summed E-state index contributed by atoms with van der Waals surface area (Å²) in [4.78, 5) is 30.2. The Hall–Kier alpha value is -4.63. The van der Waals surface area contributed by atoms with Crippen LogP contribution >= 0.6 is 0 Å². The minimum atomic E-state index is -4.25. The van der Waals surface area contributed by atoms with Crippen LogP contribution in [0.5, 0.6) is 5.75 Å². The molecular formula is C38H45N3O5S. The van der Waals surface area contributed by atoms with E-state index in [1.54, 1.807) is 24.3 Å². The SMILES string of the molecule is CCCCNC(=O)[C@@H](Cc1ccccc1)N(Cc1cccc(C)c1)C(=O)CN(c1cc(C)ccc1OC)S(=O)(=O)c1ccc(C)cc1. The Morgan fingerprint density at radius 3 is 2.13 bits per heavy atom. The van der Waals surface area contributed by atoms with Crippen molar-refractivity contribution in [3.05, 3.63) is 125 Å². The number of nitrogens with zero attached hydrogens (tertiary/aromatic N) is 2. The number of sulfonamides is 1. The van der Waals surface area contributed by atoms with E-state index < -0.39 is 28.5 Å². The first-order valence-corrected chi connectivity index (χ1v) is 17.4. The summed E-state index contributed by atoms with van der Waals surface area (Å²) in [6.45, 7) is 7.78. The smallest absolute Gasteiger partial charge is 0.264 e. The molecule has 1 N–H and O–H groups in total. The molecule has 0 saturated carbocycles. The van der Waals surface area contributed by atoms with E-state index >= 15 is 0 Å². The van der Waals surface area contributed by atoms with Crippen LogP contribution in [0.1, 0.15) is 47.6 Å². The van der Waals surface area contributed by atoms with Gasteiger partial charge in [0.2, 0.25) is 11.8 Å². The van der Waals surface area contributed by atoms with Crippen molar-refractivity contribution in [2.45, 2.75) is 64.4 Å². The predicted molar refractivity (Wildman–Crippen MR) is 187 cm³/mol. The molecule has 8 nitrogen and oxygen atoms in total. The zero-order valence-corrected chi connectivity index (χ0v) is 28.7. The Labute approximate surface area is 279 Å². The van der Waals surface area contributed by atoms with Gasteiger partial charge in [-0.2, -0.15) is 0 Å². The minimum absolute atomic E-state index is 0.0443. The first-order chi connectivity index (χ1) is 22.5. The monoisotopic (exact) mass is 655 g/mol. The van der Waals surface area contributed by atoms with Gasteiger partial charge in [0, 0.05) is 19.5 Å². The fraction of sp³-hybridized carbons (Fsp3) is 0.316. The highest BCUT2D eigenvalue weighted by molar-refractivity contribution is 7.92. The number of unbranched alkanes of at least 4 members (excludes halogenated alkanes) is 1. The third kappa shape index (κ3) is 9.23. The summed E-state index contributed by atoms with van der Waals surface area (Å²) in [6.07, 6.45) is 1.96. The number of aryl methyl sites for hydroxylation is 3. The average Bonchev–Trinajstić information content (AvgIpc) is 3.05. The molecule has 9 heteroatoms. The molecule has 2 amide bonds. The number of rotatable bonds is 15. The van der Waals surface area contributed by atoms with E-state index in [-0.39, 0.29) is 29.5 Å². The summed E-state index contributed by atoms with van der Waals surface area (Å²) in [6, 6.07) is 28.1. The number of methoxy groups -OCH3 is 1. The molecule has 4 aromatic carbocycles. The number of amides is 2. The van der Waals surface area contributed by atoms with Crippen molar-refractivity contribution in [3.8, 4) is 5.75 Å². The first-order valence-electron chi connectivity index (χ1n) is 15.9. The normalized spacial score (nSPS) is 11.9. The van der Waals surface area contributed by atoms with Crippen molar-refractivity contribution < 1.29 is 22.7 Å². The lowest BCUT2D eigenvalue weighted by molar-refractivity contribution is -0.140. The van der Waals surface area contributed by atoms with E-state index in [1.807, 2.05) is 88.4 Å². The van der Waals surface area contributed by atoms with Crippen LogP contribution in [0.25, 0.3) is 0 Å². The molecule has 0 aliphatic rings. The maximum absolute atomic E-state index is 14.7. The second-order valence-corrected chi connectivity index (χ2v) is 13.7. The lowest BCUT2D eigenvalue weighted by atomic mass is 10.0. The second kappa shape index (κ2) is 16.3. The Balaban J connectivity index is 1.84. The van der Waals surface area contributed by atoms with Crippen LogP contribution in [0, 0.1) is 20.8 Å². The zero-order chi connectivity index (χ0) is 34.0. The third-order valence-electron chi connectivity index (χ3n) is 8.03. The van der Waals surface area contributed by atoms with Gasteiger partial charge in [-0.05, 0) is 68.1 Å². The van der Waals surface area contributed by atoms with E-state index in [0.29, 0.717) is 12.3 Å². The van der Waals surface area contributed by atoms with Gasteiger partial charge in [0.1, 0.15) is 18.3 Å². The Morgan fingerprint density at radius 2 is 1.47 bits per heavy atom. The maximum atomic E-state index is 14.7. The summed E-state index contributed by atoms with van der Waals surface area (Å²) in [5.41, 5.74) is 4.67. The van der Waals surface area contributed by atoms with E-state index in [9.17, 15) is 18.0 Å². The third-order valence-corrected chi connectivity index (χ3v) is 9.80. The molecule has 0 saturated heterocycles. The van der Waals surface area contributed by atoms with Crippen LogP contribution in [0.4, 0.5) is 5.69 Å². The largest absolute Gasteiger partial charge is 0.495 e. The van der Waals surface area contributed by atoms with Crippen molar-refractivity contribution in [2.24, 2.45) is 0 Å². The Kier molecular flexibility index (Phi) is 12.2. The minimum Gasteiger partial charge on any atom is -0.495 e. The van der Waals surface area contributed by atoms with Gasteiger partial charge < -0.3 is 15.0 Å². The molecule has 0 fully saturated rings. The molecule has 0 radical (unpaired) electrons. The lowest BCUT2D eigenvalue weighted by Crippen LogP contribution is -2.53. The second-order valence-electron chi connectivity index (χ2n) is 11.9. The van der Waals surface area contributed by atoms with Crippen molar-refractivity contribution in [3.63, 3.8) is 0 Å². The number of carbonyl (C=O) groups is 2. The Bertz CT molecular complexity index is 1760. The number of ether oxygens (including phenoxy) is 1. The van der Waals surface area contributed by atoms with E-state index in [2.05, 4.69) is 5.32 Å². The average molecular weight is 656 g/mol. The van der Waals surface area contributed by atoms with Gasteiger partial charge in [-0.15, -0.1) is 0 Å². The highest BCUT2D eigenvalue weighted by atomic mass is 32.2. The fourth-order valence-corrected chi connectivity index (χ4v) is 6.83. The lowest BCUT2D eigenvalue weighted by Gasteiger charge is -2.34. The van der Waals surface area contributed by atoms with Crippen LogP contribution < -0.4 is 14.4 Å². The molecule has 4 rings (SSSR count). The molecule has 1 atom stereocenters. The summed E-state index contributed by atoms with van der Waals surface area (Å²) >= 11 is 0. The molecule has 248 valence electrons. The predicted octanol–water partition coefficient (Wildman–Crippen LogP) is 6.37. The topological polar surface area (TPSA) is 96.0 Å². The van der Waals surface area contributed by atoms with E-state index in [1.165, 1.54) is 24.1 Å². The molecule has 0 heterocycles. The fourth-order valence-electron chi connectivity index (χ4n) is 5.41. The number of nitrogens with one attached hydrogen (secondary N) is 1. The number of hydrogen-bond donors (Lipinski definition) is 1. The molecular weight excluding hydrogens is 611 g/mol. The summed E-state index contributed by atoms with van der Waals surface area (Å²) in [7, 11) is -2.78. The van der Waals surface area contributed by atoms with Crippen LogP contribution in [-0.2, 0) is 32.6 Å². The maximum Gasteiger partial charge on any atom is 0.264 e. The molecule has 47 heavy (non-hydrogen) atoms. The van der Waals surface area contributed by atoms with Gasteiger partial charge in [-0.1, -0.05) is 97.3 Å². The van der Waals surface area contributed by atoms with Crippen molar-refractivity contribution >= 4 is 27.5 Å². The number of benzene rings is 4. The molecule has 0 aromatic heterocycles. The van der Waals surface area contributed by atoms with Crippen LogP contribution in [0.3, 0.4) is 0 Å². The van der Waals surface area contributed by atoms with Gasteiger partial charge in [0.05, 0.1) is 17.7 Å². The van der Waals surface area contributed by atoms with Crippen molar-refractivity contribution in [1.29, 1.82) is 0 Å². The summed E-state index contributed by atoms with van der Waals surface area (Å²) in [5.74, 6) is -0.496. The standard InChI is InChI=1S/C38H45N3O5S/c1-6-7-22-39-38(43)35(25-31-13-9-8-10-14-31)40(26-32-15-11-12-29(3)23-32)37(42)27-41(34-24-30(4)18-21-36(34)46-5)47(44,45)33-19-16-28(2)17-20-33/h8-21,23-24,35H,6-7,22,25-27H2,1-5H3,(H,39,43)/t35-/m1/s1. The molecule has 0 aliphatic heterocycles. The van der Waals surface area contributed by atoms with Gasteiger partial charge in [0.25, 0.3) is 10.0 Å². The number of hydrogen-bond acceptors (Lipinski definition) is 5. The quantitative estimate of drug-likeness (QED) is 0.150. The summed E-state index contributed by atoms with van der Waals surface area (Å²) < 4.78 is 35.5. The van der Waals surface area contributed by atoms with E-state index in [4.69, 9.17) is 4.74 Å². The zero-order valence-electron chi connectivity index (χ0n) is 27.9. The Morgan fingerprint density at radius 1 is 0.809 bits per heavy atom. The van der Waals surface area contributed by atoms with E-state index in [0.717, 1.165) is 45.0 Å². The van der Waals surface area contributed by atoms with Gasteiger partial charge >= 0.3 is 0 Å². The number of carbonyl (C=O) groups excluding carboxylic acids is 2. The van der Waals surface area contributed by atoms with Crippen LogP contribution in [-0.4, -0.2) is 51.4 Å². The molecule has 4 aromatic rings. The van der Waals surface area contributed by atoms with Crippen molar-refractivity contribution in [2.75, 3.05) is 24.5 Å². The van der Waals surface area contributed by atoms with Crippen molar-refractivity contribution in [1.82, 2.24) is 10.2 Å². The number of anilines is 1. The highest BCUT2D eigenvalue weighted by Crippen LogP contribution is 2.34. The molecule has 0 aliphatic carbocycles. The van der Waals surface area contributed by atoms with Gasteiger partial charge in [-0.25, -0.2) is 8.42 Å². The summed E-state index contributed by atoms with van der Waals surface area (Å²) in [5, 5.41) is 3.02. The molecule has 0 unspecified atom stereocenters. The highest BCUT2D eigenvalue weighted by Gasteiger charge is 2.35. The van der Waals surface area contributed by atoms with Crippen LogP contribution in [0.15, 0.2) is 102 Å².